The number of thioether (sulfide) groups is 1. The number of cyclic esters (lactones) is 1. The van der Waals surface area contributed by atoms with Crippen LogP contribution in [0.3, 0.4) is 0 Å². The van der Waals surface area contributed by atoms with Gasteiger partial charge in [-0.25, -0.2) is 0 Å². The number of esters is 1. The molecule has 0 amide bonds. The van der Waals surface area contributed by atoms with Crippen molar-refractivity contribution >= 4 is 17.7 Å². The van der Waals surface area contributed by atoms with Crippen LogP contribution in [0.1, 0.15) is 32.1 Å². The molecule has 3 heteroatoms. The fourth-order valence-corrected chi connectivity index (χ4v) is 2.02. The smallest absolute Gasteiger partial charge is 0.315 e. The largest absolute Gasteiger partial charge is 0.465 e. The Morgan fingerprint density at radius 3 is 2.75 bits per heavy atom. The molecule has 2 nitrogen and oxygen atoms in total. The van der Waals surface area contributed by atoms with Gasteiger partial charge in [-0.1, -0.05) is 19.3 Å². The molecule has 0 aromatic carbocycles. The lowest BCUT2D eigenvalue weighted by Crippen LogP contribution is -2.08. The van der Waals surface area contributed by atoms with Gasteiger partial charge in [-0.15, -0.1) is 0 Å². The van der Waals surface area contributed by atoms with Crippen LogP contribution < -0.4 is 0 Å². The van der Waals surface area contributed by atoms with Gasteiger partial charge in [-0.2, -0.15) is 11.8 Å². The van der Waals surface area contributed by atoms with E-state index in [-0.39, 0.29) is 5.97 Å². The van der Waals surface area contributed by atoms with Crippen molar-refractivity contribution in [2.24, 2.45) is 0 Å². The second-order valence-corrected chi connectivity index (χ2v) is 4.15. The third-order valence-corrected chi connectivity index (χ3v) is 2.93. The monoisotopic (exact) mass is 188 g/mol. The molecule has 0 bridgehead atoms. The summed E-state index contributed by atoms with van der Waals surface area (Å²) in [6, 6.07) is 0. The lowest BCUT2D eigenvalue weighted by atomic mass is 10.2. The first kappa shape index (κ1) is 9.90. The SMILES string of the molecule is O=C1CSCCCCCCCO1. The molecule has 0 aliphatic carbocycles. The predicted octanol–water partition coefficient (Wildman–Crippen LogP) is 2.23. The van der Waals surface area contributed by atoms with Crippen molar-refractivity contribution in [3.8, 4) is 0 Å². The van der Waals surface area contributed by atoms with Crippen molar-refractivity contribution in [2.75, 3.05) is 18.1 Å². The maximum Gasteiger partial charge on any atom is 0.315 e. The molecule has 0 radical (unpaired) electrons. The fraction of sp³-hybridized carbons (Fsp3) is 0.889. The van der Waals surface area contributed by atoms with Gasteiger partial charge < -0.3 is 4.74 Å². The Labute approximate surface area is 78.1 Å². The van der Waals surface area contributed by atoms with E-state index in [4.69, 9.17) is 4.74 Å². The van der Waals surface area contributed by atoms with Crippen molar-refractivity contribution in [3.63, 3.8) is 0 Å². The molecule has 0 aromatic rings. The molecule has 0 N–H and O–H groups in total. The van der Waals surface area contributed by atoms with Crippen LogP contribution in [0.2, 0.25) is 0 Å². The van der Waals surface area contributed by atoms with Gasteiger partial charge in [-0.3, -0.25) is 4.79 Å². The van der Waals surface area contributed by atoms with E-state index in [1.165, 1.54) is 25.7 Å². The van der Waals surface area contributed by atoms with Gasteiger partial charge >= 0.3 is 5.97 Å². The Hall–Kier alpha value is -0.180. The zero-order valence-corrected chi connectivity index (χ0v) is 8.20. The number of hydrogen-bond donors (Lipinski definition) is 0. The van der Waals surface area contributed by atoms with Crippen molar-refractivity contribution in [1.29, 1.82) is 0 Å². The summed E-state index contributed by atoms with van der Waals surface area (Å²) in [5.41, 5.74) is 0. The highest BCUT2D eigenvalue weighted by Gasteiger charge is 2.03. The highest BCUT2D eigenvalue weighted by molar-refractivity contribution is 7.99. The Morgan fingerprint density at radius 2 is 1.83 bits per heavy atom. The van der Waals surface area contributed by atoms with Crippen LogP contribution in [-0.4, -0.2) is 24.1 Å². The summed E-state index contributed by atoms with van der Waals surface area (Å²) in [5.74, 6) is 1.61. The molecule has 1 saturated heterocycles. The molecule has 1 aliphatic rings. The van der Waals surface area contributed by atoms with E-state index in [0.29, 0.717) is 12.4 Å². The van der Waals surface area contributed by atoms with Crippen LogP contribution in [-0.2, 0) is 9.53 Å². The summed E-state index contributed by atoms with van der Waals surface area (Å²) in [5, 5.41) is 0. The molecule has 0 saturated carbocycles. The molecule has 1 fully saturated rings. The second-order valence-electron chi connectivity index (χ2n) is 3.04. The molecule has 1 heterocycles. The topological polar surface area (TPSA) is 26.3 Å². The second kappa shape index (κ2) is 6.35. The highest BCUT2D eigenvalue weighted by Crippen LogP contribution is 2.11. The summed E-state index contributed by atoms with van der Waals surface area (Å²) in [6.07, 6.45) is 6.09. The molecular formula is C9H16O2S. The molecule has 0 aromatic heterocycles. The standard InChI is InChI=1S/C9H16O2S/c10-9-8-12-7-5-3-1-2-4-6-11-9/h1-8H2. The summed E-state index contributed by atoms with van der Waals surface area (Å²) < 4.78 is 5.01. The molecule has 0 atom stereocenters. The molecule has 0 spiro atoms. The van der Waals surface area contributed by atoms with Crippen LogP contribution in [0.25, 0.3) is 0 Å². The molecule has 0 unspecified atom stereocenters. The summed E-state index contributed by atoms with van der Waals surface area (Å²) in [7, 11) is 0. The van der Waals surface area contributed by atoms with E-state index < -0.39 is 0 Å². The Kier molecular flexibility index (Phi) is 5.24. The average molecular weight is 188 g/mol. The number of carbonyl (C=O) groups excluding carboxylic acids is 1. The number of ether oxygens (including phenoxy) is 1. The van der Waals surface area contributed by atoms with Crippen LogP contribution in [0.4, 0.5) is 0 Å². The minimum atomic E-state index is -0.0399. The van der Waals surface area contributed by atoms with Gasteiger partial charge in [0.05, 0.1) is 12.4 Å². The van der Waals surface area contributed by atoms with E-state index in [9.17, 15) is 4.79 Å². The predicted molar refractivity (Wildman–Crippen MR) is 51.4 cm³/mol. The maximum atomic E-state index is 11.0. The third-order valence-electron chi connectivity index (χ3n) is 1.92. The van der Waals surface area contributed by atoms with Crippen LogP contribution in [0, 0.1) is 0 Å². The van der Waals surface area contributed by atoms with Crippen LogP contribution in [0.15, 0.2) is 0 Å². The van der Waals surface area contributed by atoms with Crippen LogP contribution in [0.5, 0.6) is 0 Å². The van der Waals surface area contributed by atoms with Gasteiger partial charge in [0, 0.05) is 0 Å². The lowest BCUT2D eigenvalue weighted by Gasteiger charge is -2.01. The minimum Gasteiger partial charge on any atom is -0.465 e. The number of rotatable bonds is 0. The molecular weight excluding hydrogens is 172 g/mol. The first-order chi connectivity index (χ1) is 5.89. The summed E-state index contributed by atoms with van der Waals surface area (Å²) in [4.78, 5) is 11.0. The Morgan fingerprint density at radius 1 is 1.08 bits per heavy atom. The summed E-state index contributed by atoms with van der Waals surface area (Å²) in [6.45, 7) is 0.624. The minimum absolute atomic E-state index is 0.0399. The van der Waals surface area contributed by atoms with Crippen molar-refractivity contribution in [1.82, 2.24) is 0 Å². The van der Waals surface area contributed by atoms with E-state index in [2.05, 4.69) is 0 Å². The fourth-order valence-electron chi connectivity index (χ4n) is 1.22. The molecule has 1 rings (SSSR count). The quantitative estimate of drug-likeness (QED) is 0.545. The third kappa shape index (κ3) is 4.65. The zero-order chi connectivity index (χ0) is 8.65. The van der Waals surface area contributed by atoms with Gasteiger partial charge in [0.2, 0.25) is 0 Å². The van der Waals surface area contributed by atoms with Gasteiger partial charge in [0.15, 0.2) is 0 Å². The van der Waals surface area contributed by atoms with Gasteiger partial charge in [-0.05, 0) is 18.6 Å². The first-order valence-corrected chi connectivity index (χ1v) is 5.78. The molecule has 70 valence electrons. The Bertz CT molecular complexity index is 122. The van der Waals surface area contributed by atoms with E-state index in [0.717, 1.165) is 12.2 Å². The summed E-state index contributed by atoms with van der Waals surface area (Å²) >= 11 is 1.69. The number of carbonyl (C=O) groups is 1. The lowest BCUT2D eigenvalue weighted by molar-refractivity contribution is -0.140. The normalized spacial score (nSPS) is 22.5. The Balaban J connectivity index is 2.17. The van der Waals surface area contributed by atoms with E-state index in [1.807, 2.05) is 0 Å². The number of hydrogen-bond acceptors (Lipinski definition) is 3. The van der Waals surface area contributed by atoms with Crippen molar-refractivity contribution in [2.45, 2.75) is 32.1 Å². The molecule has 12 heavy (non-hydrogen) atoms. The maximum absolute atomic E-state index is 11.0. The van der Waals surface area contributed by atoms with E-state index in [1.54, 1.807) is 11.8 Å². The van der Waals surface area contributed by atoms with Crippen molar-refractivity contribution in [3.05, 3.63) is 0 Å². The van der Waals surface area contributed by atoms with Gasteiger partial charge in [0.1, 0.15) is 0 Å². The zero-order valence-electron chi connectivity index (χ0n) is 7.38. The highest BCUT2D eigenvalue weighted by atomic mass is 32.2. The van der Waals surface area contributed by atoms with Crippen LogP contribution >= 0.6 is 11.8 Å². The average Bonchev–Trinajstić information content (AvgIpc) is 2.11. The van der Waals surface area contributed by atoms with Crippen molar-refractivity contribution < 1.29 is 9.53 Å². The molecule has 1 aliphatic heterocycles. The van der Waals surface area contributed by atoms with Gasteiger partial charge in [0.25, 0.3) is 0 Å². The van der Waals surface area contributed by atoms with E-state index >= 15 is 0 Å². The first-order valence-electron chi connectivity index (χ1n) is 4.63.